The Labute approximate surface area is 101 Å². The lowest BCUT2D eigenvalue weighted by Gasteiger charge is -2.20. The molecule has 0 aromatic heterocycles. The van der Waals surface area contributed by atoms with Crippen LogP contribution in [-0.2, 0) is 9.53 Å². The molecule has 1 rings (SSSR count). The topological polar surface area (TPSA) is 38.3 Å². The van der Waals surface area contributed by atoms with E-state index < -0.39 is 0 Å². The van der Waals surface area contributed by atoms with Gasteiger partial charge in [0, 0.05) is 6.04 Å². The van der Waals surface area contributed by atoms with E-state index in [0.29, 0.717) is 6.42 Å². The van der Waals surface area contributed by atoms with Crippen LogP contribution in [-0.4, -0.2) is 19.1 Å². The molecular weight excluding hydrogens is 221 g/mol. The van der Waals surface area contributed by atoms with E-state index in [-0.39, 0.29) is 23.9 Å². The van der Waals surface area contributed by atoms with Gasteiger partial charge in [-0.3, -0.25) is 10.1 Å². The number of methoxy groups -OCH3 is 1. The van der Waals surface area contributed by atoms with Crippen LogP contribution in [0.5, 0.6) is 0 Å². The number of esters is 1. The Morgan fingerprint density at radius 1 is 1.41 bits per heavy atom. The minimum atomic E-state index is -0.333. The van der Waals surface area contributed by atoms with Crippen LogP contribution in [0.15, 0.2) is 24.3 Å². The predicted molar refractivity (Wildman–Crippen MR) is 64.0 cm³/mol. The van der Waals surface area contributed by atoms with Gasteiger partial charge in [0.25, 0.3) is 0 Å². The van der Waals surface area contributed by atoms with E-state index in [1.54, 1.807) is 12.1 Å². The lowest BCUT2D eigenvalue weighted by Crippen LogP contribution is -2.38. The maximum absolute atomic E-state index is 12.8. The molecule has 0 saturated carbocycles. The Hall–Kier alpha value is -1.42. The van der Waals surface area contributed by atoms with Crippen LogP contribution >= 0.6 is 0 Å². The van der Waals surface area contributed by atoms with Crippen molar-refractivity contribution in [2.45, 2.75) is 32.4 Å². The van der Waals surface area contributed by atoms with Crippen LogP contribution in [0.2, 0.25) is 0 Å². The second kappa shape index (κ2) is 6.35. The molecule has 0 aliphatic carbocycles. The van der Waals surface area contributed by atoms with Gasteiger partial charge in [-0.05, 0) is 31.0 Å². The third-order valence-corrected chi connectivity index (χ3v) is 2.72. The maximum Gasteiger partial charge on any atom is 0.322 e. The van der Waals surface area contributed by atoms with Crippen molar-refractivity contribution in [3.63, 3.8) is 0 Å². The molecular formula is C13H18FNO2. The van der Waals surface area contributed by atoms with Crippen LogP contribution in [0, 0.1) is 5.82 Å². The summed E-state index contributed by atoms with van der Waals surface area (Å²) >= 11 is 0. The number of carbonyl (C=O) groups excluding carboxylic acids is 1. The Bertz CT molecular complexity index is 364. The molecule has 94 valence electrons. The van der Waals surface area contributed by atoms with Gasteiger partial charge in [0.15, 0.2) is 0 Å². The van der Waals surface area contributed by atoms with Crippen molar-refractivity contribution in [2.24, 2.45) is 0 Å². The number of hydrogen-bond acceptors (Lipinski definition) is 3. The average Bonchev–Trinajstić information content (AvgIpc) is 2.35. The summed E-state index contributed by atoms with van der Waals surface area (Å²) in [7, 11) is 1.37. The molecule has 0 aliphatic rings. The van der Waals surface area contributed by atoms with Gasteiger partial charge in [0.1, 0.15) is 11.9 Å². The van der Waals surface area contributed by atoms with E-state index in [2.05, 4.69) is 5.32 Å². The van der Waals surface area contributed by atoms with Gasteiger partial charge < -0.3 is 4.74 Å². The van der Waals surface area contributed by atoms with Crippen LogP contribution < -0.4 is 5.32 Å². The van der Waals surface area contributed by atoms with Crippen LogP contribution in [0.25, 0.3) is 0 Å². The summed E-state index contributed by atoms with van der Waals surface area (Å²) in [5.74, 6) is -0.539. The molecule has 1 aromatic carbocycles. The molecule has 3 nitrogen and oxygen atoms in total. The first kappa shape index (κ1) is 13.6. The maximum atomic E-state index is 12.8. The summed E-state index contributed by atoms with van der Waals surface area (Å²) in [5.41, 5.74) is 0.939. The second-order valence-electron chi connectivity index (χ2n) is 3.92. The molecule has 0 spiro atoms. The number of hydrogen-bond donors (Lipinski definition) is 1. The third-order valence-electron chi connectivity index (χ3n) is 2.72. The van der Waals surface area contributed by atoms with Gasteiger partial charge in [0.05, 0.1) is 7.11 Å². The highest BCUT2D eigenvalue weighted by molar-refractivity contribution is 5.75. The van der Waals surface area contributed by atoms with Crippen molar-refractivity contribution in [1.82, 2.24) is 5.32 Å². The number of carbonyl (C=O) groups is 1. The summed E-state index contributed by atoms with van der Waals surface area (Å²) < 4.78 is 17.5. The van der Waals surface area contributed by atoms with E-state index in [1.165, 1.54) is 19.2 Å². The fourth-order valence-corrected chi connectivity index (χ4v) is 1.64. The first-order valence-electron chi connectivity index (χ1n) is 5.67. The van der Waals surface area contributed by atoms with Gasteiger partial charge in [-0.2, -0.15) is 0 Å². The predicted octanol–water partition coefficient (Wildman–Crippen LogP) is 2.43. The van der Waals surface area contributed by atoms with E-state index in [0.717, 1.165) is 5.56 Å². The van der Waals surface area contributed by atoms with Crippen molar-refractivity contribution in [3.05, 3.63) is 35.6 Å². The molecule has 0 radical (unpaired) electrons. The molecule has 2 atom stereocenters. The fourth-order valence-electron chi connectivity index (χ4n) is 1.64. The Morgan fingerprint density at radius 2 is 2.00 bits per heavy atom. The number of rotatable bonds is 5. The Morgan fingerprint density at radius 3 is 2.47 bits per heavy atom. The zero-order valence-electron chi connectivity index (χ0n) is 10.4. The zero-order chi connectivity index (χ0) is 12.8. The van der Waals surface area contributed by atoms with E-state index in [4.69, 9.17) is 4.74 Å². The van der Waals surface area contributed by atoms with Gasteiger partial charge in [-0.25, -0.2) is 4.39 Å². The first-order valence-corrected chi connectivity index (χ1v) is 5.67. The molecule has 0 fully saturated rings. The van der Waals surface area contributed by atoms with E-state index in [1.807, 2.05) is 13.8 Å². The summed E-state index contributed by atoms with van der Waals surface area (Å²) in [6.07, 6.45) is 0.651. The smallest absolute Gasteiger partial charge is 0.322 e. The quantitative estimate of drug-likeness (QED) is 0.802. The van der Waals surface area contributed by atoms with Crippen LogP contribution in [0.1, 0.15) is 31.9 Å². The monoisotopic (exact) mass is 239 g/mol. The SMILES string of the molecule is CCC(NC(C)c1ccc(F)cc1)C(=O)OC. The number of nitrogens with one attached hydrogen (secondary N) is 1. The van der Waals surface area contributed by atoms with Gasteiger partial charge in [-0.1, -0.05) is 19.1 Å². The summed E-state index contributed by atoms with van der Waals surface area (Å²) in [5, 5.41) is 3.16. The lowest BCUT2D eigenvalue weighted by molar-refractivity contribution is -0.143. The van der Waals surface area contributed by atoms with E-state index >= 15 is 0 Å². The molecule has 4 heteroatoms. The molecule has 0 amide bonds. The molecule has 0 saturated heterocycles. The van der Waals surface area contributed by atoms with Gasteiger partial charge in [0.2, 0.25) is 0 Å². The molecule has 17 heavy (non-hydrogen) atoms. The summed E-state index contributed by atoms with van der Waals surface area (Å²) in [4.78, 5) is 11.4. The Balaban J connectivity index is 2.67. The lowest BCUT2D eigenvalue weighted by atomic mass is 10.1. The molecule has 2 unspecified atom stereocenters. The van der Waals surface area contributed by atoms with E-state index in [9.17, 15) is 9.18 Å². The van der Waals surface area contributed by atoms with Gasteiger partial charge >= 0.3 is 5.97 Å². The molecule has 1 aromatic rings. The first-order chi connectivity index (χ1) is 8.08. The summed E-state index contributed by atoms with van der Waals surface area (Å²) in [6, 6.07) is 5.87. The molecule has 1 N–H and O–H groups in total. The van der Waals surface area contributed by atoms with Crippen molar-refractivity contribution < 1.29 is 13.9 Å². The highest BCUT2D eigenvalue weighted by Crippen LogP contribution is 2.14. The van der Waals surface area contributed by atoms with Crippen molar-refractivity contribution in [1.29, 1.82) is 0 Å². The molecule has 0 aliphatic heterocycles. The molecule has 0 bridgehead atoms. The minimum absolute atomic E-state index is 0.0281. The third kappa shape index (κ3) is 3.82. The normalized spacial score (nSPS) is 14.1. The number of halogens is 1. The molecule has 0 heterocycles. The largest absolute Gasteiger partial charge is 0.468 e. The Kier molecular flexibility index (Phi) is 5.10. The number of ether oxygens (including phenoxy) is 1. The standard InChI is InChI=1S/C13H18FNO2/c1-4-12(13(16)17-3)15-9(2)10-5-7-11(14)8-6-10/h5-9,12,15H,4H2,1-3H3. The van der Waals surface area contributed by atoms with Crippen molar-refractivity contribution >= 4 is 5.97 Å². The van der Waals surface area contributed by atoms with Crippen LogP contribution in [0.4, 0.5) is 4.39 Å². The summed E-state index contributed by atoms with van der Waals surface area (Å²) in [6.45, 7) is 3.84. The number of benzene rings is 1. The van der Waals surface area contributed by atoms with Crippen molar-refractivity contribution in [2.75, 3.05) is 7.11 Å². The second-order valence-corrected chi connectivity index (χ2v) is 3.92. The highest BCUT2D eigenvalue weighted by Gasteiger charge is 2.19. The average molecular weight is 239 g/mol. The highest BCUT2D eigenvalue weighted by atomic mass is 19.1. The fraction of sp³-hybridized carbons (Fsp3) is 0.462. The van der Waals surface area contributed by atoms with Crippen molar-refractivity contribution in [3.8, 4) is 0 Å². The van der Waals surface area contributed by atoms with Crippen LogP contribution in [0.3, 0.4) is 0 Å². The van der Waals surface area contributed by atoms with Gasteiger partial charge in [-0.15, -0.1) is 0 Å². The minimum Gasteiger partial charge on any atom is -0.468 e. The zero-order valence-corrected chi connectivity index (χ0v) is 10.4.